The number of halogens is 1. The number of carboxylic acids is 1. The van der Waals surface area contributed by atoms with E-state index in [-0.39, 0.29) is 12.5 Å². The van der Waals surface area contributed by atoms with Crippen molar-refractivity contribution in [2.75, 3.05) is 20.1 Å². The summed E-state index contributed by atoms with van der Waals surface area (Å²) in [5.41, 5.74) is 6.11. The van der Waals surface area contributed by atoms with Gasteiger partial charge in [0.2, 0.25) is 5.91 Å². The van der Waals surface area contributed by atoms with Gasteiger partial charge in [0.25, 0.3) is 5.91 Å². The number of carbonyl (C=O) groups excluding carboxylic acids is 2. The molecular weight excluding hydrogens is 317 g/mol. The third kappa shape index (κ3) is 6.74. The normalized spacial score (nSPS) is 11.6. The molecule has 1 aromatic carbocycles. The van der Waals surface area contributed by atoms with Gasteiger partial charge in [-0.1, -0.05) is 0 Å². The quantitative estimate of drug-likeness (QED) is 0.570. The fourth-order valence-corrected chi connectivity index (χ4v) is 2.08. The van der Waals surface area contributed by atoms with Crippen LogP contribution in [-0.2, 0) is 9.59 Å². The van der Waals surface area contributed by atoms with Crippen LogP contribution in [-0.4, -0.2) is 54.0 Å². The number of aliphatic carboxylic acids is 1. The fourth-order valence-electron chi connectivity index (χ4n) is 2.08. The lowest BCUT2D eigenvalue weighted by atomic mass is 10.1. The molecule has 0 aromatic heterocycles. The van der Waals surface area contributed by atoms with Crippen LogP contribution < -0.4 is 11.1 Å². The number of hydrogen-bond acceptors (Lipinski definition) is 4. The van der Waals surface area contributed by atoms with Crippen molar-refractivity contribution in [3.8, 4) is 0 Å². The topological polar surface area (TPSA) is 113 Å². The molecule has 1 aromatic rings. The summed E-state index contributed by atoms with van der Waals surface area (Å²) < 4.78 is 12.8. The Kier molecular flexibility index (Phi) is 7.84. The number of benzene rings is 1. The van der Waals surface area contributed by atoms with E-state index in [0.29, 0.717) is 31.4 Å². The molecule has 0 aliphatic heterocycles. The molecule has 0 bridgehead atoms. The van der Waals surface area contributed by atoms with Crippen molar-refractivity contribution >= 4 is 17.8 Å². The number of hydrogen-bond donors (Lipinski definition) is 3. The molecule has 0 spiro atoms. The van der Waals surface area contributed by atoms with Gasteiger partial charge in [0, 0.05) is 19.2 Å². The van der Waals surface area contributed by atoms with E-state index in [1.54, 1.807) is 0 Å². The molecule has 4 N–H and O–H groups in total. The molecule has 7 nitrogen and oxygen atoms in total. The Labute approximate surface area is 139 Å². The highest BCUT2D eigenvalue weighted by molar-refractivity contribution is 5.94. The van der Waals surface area contributed by atoms with Gasteiger partial charge in [0.15, 0.2) is 0 Å². The number of likely N-dealkylation sites (N-methyl/N-ethyl adjacent to an activating group) is 1. The summed E-state index contributed by atoms with van der Waals surface area (Å²) in [7, 11) is 1.39. The summed E-state index contributed by atoms with van der Waals surface area (Å²) in [5.74, 6) is -2.22. The highest BCUT2D eigenvalue weighted by atomic mass is 19.1. The number of nitrogens with one attached hydrogen (secondary N) is 1. The summed E-state index contributed by atoms with van der Waals surface area (Å²) in [6, 6.07) is 4.47. The minimum atomic E-state index is -1.10. The number of rotatable bonds is 9. The van der Waals surface area contributed by atoms with E-state index in [0.717, 1.165) is 4.90 Å². The lowest BCUT2D eigenvalue weighted by Crippen LogP contribution is -2.43. The van der Waals surface area contributed by atoms with Crippen LogP contribution in [0.4, 0.5) is 4.39 Å². The SMILES string of the molecule is CN(CC(=O)O)C(=O)[C@@H](N)CCCCNC(=O)c1ccc(F)cc1. The van der Waals surface area contributed by atoms with E-state index in [4.69, 9.17) is 10.8 Å². The predicted octanol–water partition coefficient (Wildman–Crippen LogP) is 0.596. The van der Waals surface area contributed by atoms with Gasteiger partial charge >= 0.3 is 5.97 Å². The Balaban J connectivity index is 2.23. The van der Waals surface area contributed by atoms with E-state index < -0.39 is 23.7 Å². The Bertz CT molecular complexity index is 577. The first-order valence-corrected chi connectivity index (χ1v) is 7.57. The average Bonchev–Trinajstić information content (AvgIpc) is 2.53. The fraction of sp³-hybridized carbons (Fsp3) is 0.438. The van der Waals surface area contributed by atoms with Gasteiger partial charge in [0.05, 0.1) is 6.04 Å². The zero-order chi connectivity index (χ0) is 18.1. The van der Waals surface area contributed by atoms with Gasteiger partial charge in [-0.25, -0.2) is 4.39 Å². The Morgan fingerprint density at radius 2 is 1.88 bits per heavy atom. The van der Waals surface area contributed by atoms with Crippen molar-refractivity contribution in [1.29, 1.82) is 0 Å². The second-order valence-electron chi connectivity index (χ2n) is 5.45. The van der Waals surface area contributed by atoms with E-state index >= 15 is 0 Å². The predicted molar refractivity (Wildman–Crippen MR) is 85.8 cm³/mol. The second kappa shape index (κ2) is 9.61. The van der Waals surface area contributed by atoms with Gasteiger partial charge < -0.3 is 21.1 Å². The first kappa shape index (κ1) is 19.6. The summed E-state index contributed by atoms with van der Waals surface area (Å²) >= 11 is 0. The van der Waals surface area contributed by atoms with Crippen LogP contribution in [0.25, 0.3) is 0 Å². The Hall–Kier alpha value is -2.48. The van der Waals surface area contributed by atoms with Crippen LogP contribution in [0.5, 0.6) is 0 Å². The molecule has 0 heterocycles. The lowest BCUT2D eigenvalue weighted by molar-refractivity contribution is -0.144. The minimum Gasteiger partial charge on any atom is -0.480 e. The van der Waals surface area contributed by atoms with Crippen LogP contribution in [0.15, 0.2) is 24.3 Å². The average molecular weight is 339 g/mol. The van der Waals surface area contributed by atoms with Crippen molar-refractivity contribution < 1.29 is 23.9 Å². The van der Waals surface area contributed by atoms with E-state index in [9.17, 15) is 18.8 Å². The van der Waals surface area contributed by atoms with Gasteiger partial charge in [-0.2, -0.15) is 0 Å². The molecule has 0 radical (unpaired) electrons. The monoisotopic (exact) mass is 339 g/mol. The first-order valence-electron chi connectivity index (χ1n) is 7.57. The molecule has 0 aliphatic rings. The van der Waals surface area contributed by atoms with Gasteiger partial charge in [-0.05, 0) is 43.5 Å². The standard InChI is InChI=1S/C16H22FN3O4/c1-20(10-14(21)22)16(24)13(18)4-2-3-9-19-15(23)11-5-7-12(17)8-6-11/h5-8,13H,2-4,9-10,18H2,1H3,(H,19,23)(H,21,22)/t13-/m0/s1. The molecule has 0 saturated heterocycles. The summed E-state index contributed by atoms with van der Waals surface area (Å²) in [5, 5.41) is 11.3. The van der Waals surface area contributed by atoms with E-state index in [1.807, 2.05) is 0 Å². The number of carbonyl (C=O) groups is 3. The zero-order valence-electron chi connectivity index (χ0n) is 13.5. The summed E-state index contributed by atoms with van der Waals surface area (Å²) in [6.07, 6.45) is 1.63. The molecule has 8 heteroatoms. The maximum Gasteiger partial charge on any atom is 0.323 e. The first-order chi connectivity index (χ1) is 11.3. The lowest BCUT2D eigenvalue weighted by Gasteiger charge is -2.19. The van der Waals surface area contributed by atoms with Crippen LogP contribution in [0.1, 0.15) is 29.6 Å². The maximum atomic E-state index is 12.8. The largest absolute Gasteiger partial charge is 0.480 e. The molecule has 0 fully saturated rings. The van der Waals surface area contributed by atoms with Crippen molar-refractivity contribution in [3.63, 3.8) is 0 Å². The summed E-state index contributed by atoms with van der Waals surface area (Å²) in [4.78, 5) is 35.2. The molecule has 2 amide bonds. The summed E-state index contributed by atoms with van der Waals surface area (Å²) in [6.45, 7) is 0.0162. The number of nitrogens with zero attached hydrogens (tertiary/aromatic N) is 1. The molecule has 1 rings (SSSR count). The number of nitrogens with two attached hydrogens (primary N) is 1. The smallest absolute Gasteiger partial charge is 0.323 e. The number of amides is 2. The van der Waals surface area contributed by atoms with Crippen molar-refractivity contribution in [1.82, 2.24) is 10.2 Å². The van der Waals surface area contributed by atoms with Crippen LogP contribution in [0.3, 0.4) is 0 Å². The van der Waals surface area contributed by atoms with Crippen molar-refractivity contribution in [2.45, 2.75) is 25.3 Å². The van der Waals surface area contributed by atoms with Crippen LogP contribution in [0.2, 0.25) is 0 Å². The van der Waals surface area contributed by atoms with Crippen LogP contribution >= 0.6 is 0 Å². The molecule has 0 unspecified atom stereocenters. The molecular formula is C16H22FN3O4. The van der Waals surface area contributed by atoms with Crippen LogP contribution in [0, 0.1) is 5.82 Å². The molecule has 132 valence electrons. The number of unbranched alkanes of at least 4 members (excludes halogenated alkanes) is 1. The van der Waals surface area contributed by atoms with Gasteiger partial charge in [0.1, 0.15) is 12.4 Å². The maximum absolute atomic E-state index is 12.8. The molecule has 24 heavy (non-hydrogen) atoms. The minimum absolute atomic E-state index is 0.295. The molecule has 1 atom stereocenters. The van der Waals surface area contributed by atoms with E-state index in [2.05, 4.69) is 5.32 Å². The van der Waals surface area contributed by atoms with Gasteiger partial charge in [-0.15, -0.1) is 0 Å². The highest BCUT2D eigenvalue weighted by Gasteiger charge is 2.19. The van der Waals surface area contributed by atoms with Gasteiger partial charge in [-0.3, -0.25) is 14.4 Å². The third-order valence-corrected chi connectivity index (χ3v) is 3.40. The Morgan fingerprint density at radius 1 is 1.25 bits per heavy atom. The number of carboxylic acid groups (broad SMARTS) is 1. The van der Waals surface area contributed by atoms with Crippen molar-refractivity contribution in [2.24, 2.45) is 5.73 Å². The second-order valence-corrected chi connectivity index (χ2v) is 5.45. The third-order valence-electron chi connectivity index (χ3n) is 3.40. The Morgan fingerprint density at radius 3 is 2.46 bits per heavy atom. The molecule has 0 aliphatic carbocycles. The highest BCUT2D eigenvalue weighted by Crippen LogP contribution is 2.04. The van der Waals surface area contributed by atoms with E-state index in [1.165, 1.54) is 31.3 Å². The van der Waals surface area contributed by atoms with Crippen molar-refractivity contribution in [3.05, 3.63) is 35.6 Å². The molecule has 0 saturated carbocycles. The zero-order valence-corrected chi connectivity index (χ0v) is 13.5.